The van der Waals surface area contributed by atoms with Crippen molar-refractivity contribution >= 4 is 23.4 Å². The fourth-order valence-electron chi connectivity index (χ4n) is 3.38. The van der Waals surface area contributed by atoms with Crippen molar-refractivity contribution < 1.29 is 14.3 Å². The molecule has 2 aromatic rings. The molecule has 2 atom stereocenters. The van der Waals surface area contributed by atoms with Crippen LogP contribution in [0.3, 0.4) is 0 Å². The van der Waals surface area contributed by atoms with Gasteiger partial charge in [-0.25, -0.2) is 0 Å². The highest BCUT2D eigenvalue weighted by atomic mass is 35.5. The zero-order valence-electron chi connectivity index (χ0n) is 14.2. The molecular formula is C19H18ClNO4. The van der Waals surface area contributed by atoms with Crippen LogP contribution < -0.4 is 5.56 Å². The highest BCUT2D eigenvalue weighted by Crippen LogP contribution is 2.45. The van der Waals surface area contributed by atoms with Gasteiger partial charge in [0.25, 0.3) is 5.56 Å². The fourth-order valence-corrected chi connectivity index (χ4v) is 3.56. The van der Waals surface area contributed by atoms with Gasteiger partial charge in [0.1, 0.15) is 12.1 Å². The minimum atomic E-state index is -0.994. The molecule has 5 nitrogen and oxygen atoms in total. The Hall–Kier alpha value is -2.40. The van der Waals surface area contributed by atoms with Gasteiger partial charge in [-0.3, -0.25) is 14.4 Å². The SMILES string of the molecule is CC(=O)O[C@H]1[C@H](n2ccccc2=O)c2cc(Cl)ccc2C(=O)C1(C)C. The summed E-state index contributed by atoms with van der Waals surface area (Å²) >= 11 is 6.14. The number of hydrogen-bond acceptors (Lipinski definition) is 4. The Kier molecular flexibility index (Phi) is 4.29. The molecular weight excluding hydrogens is 342 g/mol. The third kappa shape index (κ3) is 2.89. The minimum Gasteiger partial charge on any atom is -0.459 e. The Labute approximate surface area is 150 Å². The molecule has 0 radical (unpaired) electrons. The maximum atomic E-state index is 13.0. The van der Waals surface area contributed by atoms with E-state index in [-0.39, 0.29) is 11.3 Å². The lowest BCUT2D eigenvalue weighted by Crippen LogP contribution is -2.51. The molecule has 1 aliphatic carbocycles. The van der Waals surface area contributed by atoms with Gasteiger partial charge in [0, 0.05) is 29.8 Å². The first-order valence-corrected chi connectivity index (χ1v) is 8.30. The topological polar surface area (TPSA) is 65.4 Å². The van der Waals surface area contributed by atoms with Crippen LogP contribution >= 0.6 is 11.6 Å². The standard InChI is InChI=1S/C19H18ClNO4/c1-11(22)25-18-16(21-9-5-4-6-15(21)23)14-10-12(20)7-8-13(14)17(24)19(18,2)3/h4-10,16,18H,1-3H3/t16-,18+/m1/s1. The van der Waals surface area contributed by atoms with Crippen LogP contribution in [-0.4, -0.2) is 22.4 Å². The summed E-state index contributed by atoms with van der Waals surface area (Å²) in [5.74, 6) is -0.657. The molecule has 0 unspecified atom stereocenters. The first-order chi connectivity index (χ1) is 11.7. The first-order valence-electron chi connectivity index (χ1n) is 7.92. The van der Waals surface area contributed by atoms with Gasteiger partial charge in [0.05, 0.1) is 5.41 Å². The Morgan fingerprint density at radius 2 is 1.92 bits per heavy atom. The van der Waals surface area contributed by atoms with Gasteiger partial charge in [-0.2, -0.15) is 0 Å². The molecule has 1 heterocycles. The minimum absolute atomic E-state index is 0.148. The van der Waals surface area contributed by atoms with Crippen LogP contribution in [0.1, 0.15) is 42.7 Å². The van der Waals surface area contributed by atoms with Crippen LogP contribution in [0.25, 0.3) is 0 Å². The number of benzene rings is 1. The molecule has 1 aliphatic rings. The average Bonchev–Trinajstić information content (AvgIpc) is 2.54. The summed E-state index contributed by atoms with van der Waals surface area (Å²) in [4.78, 5) is 37.1. The number of ether oxygens (including phenoxy) is 1. The van der Waals surface area contributed by atoms with Gasteiger partial charge in [-0.1, -0.05) is 17.7 Å². The highest BCUT2D eigenvalue weighted by Gasteiger charge is 2.50. The predicted molar refractivity (Wildman–Crippen MR) is 94.0 cm³/mol. The summed E-state index contributed by atoms with van der Waals surface area (Å²) in [7, 11) is 0. The largest absolute Gasteiger partial charge is 0.459 e. The molecule has 3 rings (SSSR count). The predicted octanol–water partition coefficient (Wildman–Crippen LogP) is 3.25. The number of esters is 1. The number of Topliss-reactive ketones (excluding diaryl/α,β-unsaturated/α-hetero) is 1. The number of ketones is 1. The number of rotatable bonds is 2. The number of halogens is 1. The van der Waals surface area contributed by atoms with Crippen LogP contribution in [0.5, 0.6) is 0 Å². The summed E-state index contributed by atoms with van der Waals surface area (Å²) in [6, 6.07) is 9.11. The van der Waals surface area contributed by atoms with E-state index in [1.54, 1.807) is 50.4 Å². The Morgan fingerprint density at radius 3 is 2.56 bits per heavy atom. The third-order valence-corrected chi connectivity index (χ3v) is 4.84. The summed E-state index contributed by atoms with van der Waals surface area (Å²) in [6.45, 7) is 4.74. The van der Waals surface area contributed by atoms with E-state index in [0.29, 0.717) is 16.1 Å². The molecule has 0 saturated carbocycles. The number of fused-ring (bicyclic) bond motifs is 1. The summed E-state index contributed by atoms with van der Waals surface area (Å²) in [5, 5.41) is 0.446. The van der Waals surface area contributed by atoms with Crippen LogP contribution in [0, 0.1) is 5.41 Å². The first kappa shape index (κ1) is 17.4. The number of carbonyl (C=O) groups excluding carboxylic acids is 2. The Bertz CT molecular complexity index is 916. The maximum absolute atomic E-state index is 13.0. The normalized spacial score (nSPS) is 21.5. The van der Waals surface area contributed by atoms with Gasteiger partial charge in [-0.05, 0) is 43.7 Å². The van der Waals surface area contributed by atoms with E-state index < -0.39 is 23.5 Å². The summed E-state index contributed by atoms with van der Waals surface area (Å²) in [6.07, 6.45) is 0.795. The van der Waals surface area contributed by atoms with Crippen LogP contribution in [0.15, 0.2) is 47.4 Å². The van der Waals surface area contributed by atoms with Crippen molar-refractivity contribution in [2.24, 2.45) is 5.41 Å². The number of carbonyl (C=O) groups is 2. The van der Waals surface area contributed by atoms with Gasteiger partial charge in [0.15, 0.2) is 5.78 Å². The van der Waals surface area contributed by atoms with E-state index in [1.165, 1.54) is 17.6 Å². The molecule has 0 N–H and O–H groups in total. The number of aromatic nitrogens is 1. The van der Waals surface area contributed by atoms with Crippen molar-refractivity contribution in [1.82, 2.24) is 4.57 Å². The van der Waals surface area contributed by atoms with E-state index in [1.807, 2.05) is 0 Å². The molecule has 0 bridgehead atoms. The summed E-state index contributed by atoms with van der Waals surface area (Å²) < 4.78 is 7.02. The number of hydrogen-bond donors (Lipinski definition) is 0. The van der Waals surface area contributed by atoms with E-state index >= 15 is 0 Å². The zero-order chi connectivity index (χ0) is 18.4. The Morgan fingerprint density at radius 1 is 1.20 bits per heavy atom. The molecule has 0 aliphatic heterocycles. The average molecular weight is 360 g/mol. The quantitative estimate of drug-likeness (QED) is 0.772. The number of nitrogens with zero attached hydrogens (tertiary/aromatic N) is 1. The van der Waals surface area contributed by atoms with Crippen molar-refractivity contribution in [2.45, 2.75) is 32.9 Å². The highest BCUT2D eigenvalue weighted by molar-refractivity contribution is 6.30. The van der Waals surface area contributed by atoms with Crippen molar-refractivity contribution in [2.75, 3.05) is 0 Å². The molecule has 0 fully saturated rings. The van der Waals surface area contributed by atoms with Crippen molar-refractivity contribution in [3.63, 3.8) is 0 Å². The van der Waals surface area contributed by atoms with E-state index in [2.05, 4.69) is 0 Å². The molecule has 1 aromatic heterocycles. The lowest BCUT2D eigenvalue weighted by molar-refractivity contribution is -0.153. The smallest absolute Gasteiger partial charge is 0.303 e. The molecule has 1 aromatic carbocycles. The van der Waals surface area contributed by atoms with Crippen molar-refractivity contribution in [1.29, 1.82) is 0 Å². The molecule has 0 spiro atoms. The van der Waals surface area contributed by atoms with Gasteiger partial charge < -0.3 is 9.30 Å². The molecule has 0 saturated heterocycles. The third-order valence-electron chi connectivity index (χ3n) is 4.60. The molecule has 0 amide bonds. The zero-order valence-corrected chi connectivity index (χ0v) is 14.9. The van der Waals surface area contributed by atoms with E-state index in [4.69, 9.17) is 16.3 Å². The van der Waals surface area contributed by atoms with Gasteiger partial charge >= 0.3 is 5.97 Å². The lowest BCUT2D eigenvalue weighted by Gasteiger charge is -2.43. The van der Waals surface area contributed by atoms with Gasteiger partial charge in [-0.15, -0.1) is 0 Å². The van der Waals surface area contributed by atoms with Crippen LogP contribution in [0.4, 0.5) is 0 Å². The fraction of sp³-hybridized carbons (Fsp3) is 0.316. The second kappa shape index (κ2) is 6.15. The van der Waals surface area contributed by atoms with Crippen LogP contribution in [0.2, 0.25) is 5.02 Å². The Balaban J connectivity index is 2.33. The van der Waals surface area contributed by atoms with Crippen molar-refractivity contribution in [3.8, 4) is 0 Å². The second-order valence-corrected chi connectivity index (χ2v) is 7.14. The van der Waals surface area contributed by atoms with E-state index in [0.717, 1.165) is 0 Å². The molecule has 130 valence electrons. The van der Waals surface area contributed by atoms with Gasteiger partial charge in [0.2, 0.25) is 0 Å². The second-order valence-electron chi connectivity index (χ2n) is 6.70. The monoisotopic (exact) mass is 359 g/mol. The van der Waals surface area contributed by atoms with E-state index in [9.17, 15) is 14.4 Å². The molecule has 6 heteroatoms. The lowest BCUT2D eigenvalue weighted by atomic mass is 9.68. The number of pyridine rings is 1. The van der Waals surface area contributed by atoms with Crippen molar-refractivity contribution in [3.05, 3.63) is 69.1 Å². The summed E-state index contributed by atoms with van der Waals surface area (Å²) in [5.41, 5.74) is -0.178. The maximum Gasteiger partial charge on any atom is 0.303 e. The van der Waals surface area contributed by atoms with Crippen LogP contribution in [-0.2, 0) is 9.53 Å². The molecule has 25 heavy (non-hydrogen) atoms.